The minimum atomic E-state index is -7.16. The molecule has 0 bridgehead atoms. The maximum atomic E-state index is 13.9. The number of aliphatic hydroxyl groups is 3. The zero-order valence-corrected chi connectivity index (χ0v) is 21.2. The van der Waals surface area contributed by atoms with Gasteiger partial charge in [-0.25, -0.2) is 0 Å². The van der Waals surface area contributed by atoms with Crippen molar-refractivity contribution in [1.29, 1.82) is 0 Å². The molecule has 0 aliphatic carbocycles. The van der Waals surface area contributed by atoms with Gasteiger partial charge in [0.05, 0.1) is 0 Å². The van der Waals surface area contributed by atoms with E-state index in [1.807, 2.05) is 0 Å². The van der Waals surface area contributed by atoms with Crippen molar-refractivity contribution in [1.82, 2.24) is 0 Å². The maximum Gasteiger partial charge on any atom is 0.430 e. The predicted octanol–water partition coefficient (Wildman–Crippen LogP) is 7.09. The van der Waals surface area contributed by atoms with Gasteiger partial charge in [-0.2, -0.15) is 79.0 Å². The van der Waals surface area contributed by atoms with E-state index < -0.39 is 116 Å². The van der Waals surface area contributed by atoms with Crippen molar-refractivity contribution < 1.29 is 94.3 Å². The first-order valence-corrected chi connectivity index (χ1v) is 11.3. The van der Waals surface area contributed by atoms with E-state index in [0.29, 0.717) is 0 Å². The van der Waals surface area contributed by atoms with Gasteiger partial charge in [-0.15, -0.1) is 0 Å². The second-order valence-corrected chi connectivity index (χ2v) is 9.65. The second kappa shape index (κ2) is 9.95. The number of hydrogen-bond donors (Lipinski definition) is 5. The van der Waals surface area contributed by atoms with Crippen molar-refractivity contribution in [2.45, 2.75) is 53.9 Å². The van der Waals surface area contributed by atoms with Crippen molar-refractivity contribution in [3.05, 3.63) is 47.0 Å². The molecule has 5 nitrogen and oxygen atoms in total. The summed E-state index contributed by atoms with van der Waals surface area (Å²) in [5, 5.41) is 22.6. The van der Waals surface area contributed by atoms with Gasteiger partial charge < -0.3 is 26.8 Å². The maximum absolute atomic E-state index is 13.9. The Kier molecular flexibility index (Phi) is 7.98. The van der Waals surface area contributed by atoms with Gasteiger partial charge in [0.2, 0.25) is 0 Å². The van der Waals surface area contributed by atoms with Crippen LogP contribution in [0.15, 0.2) is 30.3 Å². The van der Waals surface area contributed by atoms with Gasteiger partial charge in [-0.05, 0) is 35.0 Å². The topological polar surface area (TPSA) is 113 Å². The molecule has 0 radical (unpaired) electrons. The van der Waals surface area contributed by atoms with E-state index in [2.05, 4.69) is 0 Å². The average Bonchev–Trinajstić information content (AvgIpc) is 2.83. The number of anilines is 2. The third kappa shape index (κ3) is 4.88. The van der Waals surface area contributed by atoms with E-state index in [-0.39, 0.29) is 18.2 Å². The number of halogens is 18. The molecular weight excluding hydrogens is 694 g/mol. The van der Waals surface area contributed by atoms with E-state index >= 15 is 0 Å². The highest BCUT2D eigenvalue weighted by atomic mass is 19.4. The molecule has 3 aromatic rings. The van der Waals surface area contributed by atoms with Crippen LogP contribution in [-0.4, -0.2) is 52.4 Å². The van der Waals surface area contributed by atoms with Crippen LogP contribution in [-0.2, 0) is 16.8 Å². The standard InChI is InChI=1S/C23H12F18N2O3/c24-18(25,26)15(44,19(27,28)29)10-1-2-13(42)8-4-9-7(3-6(8)10)11(16(45,20(30,31)32)21(33,34)35)5-12(14(9)43)17(46,22(36,37)38)23(39,40)41/h1-5,44-46H,42-43H2. The third-order valence-corrected chi connectivity index (χ3v) is 6.98. The van der Waals surface area contributed by atoms with Crippen molar-refractivity contribution in [2.24, 2.45) is 0 Å². The number of hydrogen-bond acceptors (Lipinski definition) is 5. The number of alkyl halides is 18. The van der Waals surface area contributed by atoms with E-state index in [9.17, 15) is 94.3 Å². The molecule has 7 N–H and O–H groups in total. The summed E-state index contributed by atoms with van der Waals surface area (Å²) < 4.78 is 248. The molecule has 0 spiro atoms. The lowest BCUT2D eigenvalue weighted by atomic mass is 9.79. The molecule has 0 saturated carbocycles. The summed E-state index contributed by atoms with van der Waals surface area (Å²) in [4.78, 5) is 0. The van der Waals surface area contributed by atoms with Crippen LogP contribution in [0, 0.1) is 0 Å². The molecule has 0 heterocycles. The first kappa shape index (κ1) is 36.9. The first-order chi connectivity index (χ1) is 20.1. The lowest BCUT2D eigenvalue weighted by Crippen LogP contribution is -2.56. The van der Waals surface area contributed by atoms with Gasteiger partial charge in [-0.1, -0.05) is 6.07 Å². The van der Waals surface area contributed by atoms with Crippen LogP contribution in [0.1, 0.15) is 16.7 Å². The van der Waals surface area contributed by atoms with Crippen molar-refractivity contribution in [3.63, 3.8) is 0 Å². The molecule has 0 aliphatic rings. The summed E-state index contributed by atoms with van der Waals surface area (Å²) in [6.45, 7) is 0. The molecule has 23 heteroatoms. The van der Waals surface area contributed by atoms with Gasteiger partial charge in [0, 0.05) is 38.8 Å². The van der Waals surface area contributed by atoms with Gasteiger partial charge in [0.15, 0.2) is 0 Å². The molecule has 3 aromatic carbocycles. The fourth-order valence-electron chi connectivity index (χ4n) is 4.62. The highest BCUT2D eigenvalue weighted by molar-refractivity contribution is 6.10. The monoisotopic (exact) mass is 706 g/mol. The van der Waals surface area contributed by atoms with Gasteiger partial charge in [-0.3, -0.25) is 0 Å². The Hall–Kier alpha value is -3.60. The number of nitrogen functional groups attached to an aromatic ring is 2. The Morgan fingerprint density at radius 3 is 1.04 bits per heavy atom. The van der Waals surface area contributed by atoms with Crippen molar-refractivity contribution in [3.8, 4) is 0 Å². The van der Waals surface area contributed by atoms with E-state index in [1.165, 1.54) is 0 Å². The van der Waals surface area contributed by atoms with Crippen LogP contribution in [0.2, 0.25) is 0 Å². The van der Waals surface area contributed by atoms with Gasteiger partial charge >= 0.3 is 37.1 Å². The van der Waals surface area contributed by atoms with E-state index in [0.717, 1.165) is 0 Å². The zero-order valence-electron chi connectivity index (χ0n) is 21.2. The minimum Gasteiger partial charge on any atom is -0.398 e. The normalized spacial score (nSPS) is 15.2. The molecule has 258 valence electrons. The van der Waals surface area contributed by atoms with Crippen LogP contribution in [0.25, 0.3) is 21.5 Å². The zero-order chi connectivity index (χ0) is 36.2. The Balaban J connectivity index is 2.86. The summed E-state index contributed by atoms with van der Waals surface area (Å²) in [5.41, 5.74) is -19.9. The average molecular weight is 706 g/mol. The summed E-state index contributed by atoms with van der Waals surface area (Å²) in [6, 6.07) is -2.11. The lowest BCUT2D eigenvalue weighted by Gasteiger charge is -2.37. The molecular formula is C23H12F18N2O3. The fraction of sp³-hybridized carbons (Fsp3) is 0.391. The van der Waals surface area contributed by atoms with Crippen LogP contribution < -0.4 is 11.5 Å². The molecule has 0 aliphatic heterocycles. The van der Waals surface area contributed by atoms with Crippen LogP contribution in [0.5, 0.6) is 0 Å². The Labute approximate surface area is 240 Å². The molecule has 3 rings (SSSR count). The summed E-state index contributed by atoms with van der Waals surface area (Å²) in [7, 11) is 0. The fourth-order valence-corrected chi connectivity index (χ4v) is 4.62. The van der Waals surface area contributed by atoms with Gasteiger partial charge in [0.25, 0.3) is 16.8 Å². The molecule has 0 amide bonds. The predicted molar refractivity (Wildman–Crippen MR) is 118 cm³/mol. The molecule has 0 fully saturated rings. The second-order valence-electron chi connectivity index (χ2n) is 9.65. The number of benzene rings is 3. The number of nitrogens with two attached hydrogens (primary N) is 2. The lowest BCUT2D eigenvalue weighted by molar-refractivity contribution is -0.378. The summed E-state index contributed by atoms with van der Waals surface area (Å²) in [6.07, 6.45) is -41.9. The smallest absolute Gasteiger partial charge is 0.398 e. The molecule has 0 saturated heterocycles. The largest absolute Gasteiger partial charge is 0.430 e. The quantitative estimate of drug-likeness (QED) is 0.114. The first-order valence-electron chi connectivity index (χ1n) is 11.3. The van der Waals surface area contributed by atoms with E-state index in [4.69, 9.17) is 11.5 Å². The molecule has 0 aromatic heterocycles. The number of fused-ring (bicyclic) bond motifs is 2. The molecule has 0 unspecified atom stereocenters. The Morgan fingerprint density at radius 1 is 0.370 bits per heavy atom. The minimum absolute atomic E-state index is 0.149. The van der Waals surface area contributed by atoms with Gasteiger partial charge in [0.1, 0.15) is 0 Å². The SMILES string of the molecule is Nc1ccc(C(O)(C(F)(F)F)C(F)(F)F)c2cc3c(C(O)(C(F)(F)F)C(F)(F)F)cc(C(O)(C(F)(F)F)C(F)(F)F)c(N)c3cc12. The highest BCUT2D eigenvalue weighted by Gasteiger charge is 2.75. The number of rotatable bonds is 3. The van der Waals surface area contributed by atoms with Crippen molar-refractivity contribution in [2.75, 3.05) is 11.5 Å². The van der Waals surface area contributed by atoms with Crippen LogP contribution in [0.4, 0.5) is 90.4 Å². The molecule has 46 heavy (non-hydrogen) atoms. The molecule has 0 atom stereocenters. The summed E-state index contributed by atoms with van der Waals surface area (Å²) >= 11 is 0. The Bertz CT molecular complexity index is 1640. The highest BCUT2D eigenvalue weighted by Crippen LogP contribution is 2.58. The van der Waals surface area contributed by atoms with Crippen molar-refractivity contribution >= 4 is 32.9 Å². The Morgan fingerprint density at radius 2 is 0.674 bits per heavy atom. The third-order valence-electron chi connectivity index (χ3n) is 6.98. The van der Waals surface area contributed by atoms with Crippen LogP contribution >= 0.6 is 0 Å². The summed E-state index contributed by atoms with van der Waals surface area (Å²) in [5.74, 6) is 0. The van der Waals surface area contributed by atoms with Crippen LogP contribution in [0.3, 0.4) is 0 Å². The van der Waals surface area contributed by atoms with E-state index in [1.54, 1.807) is 0 Å².